The van der Waals surface area contributed by atoms with Crippen LogP contribution in [0.25, 0.3) is 6.08 Å². The van der Waals surface area contributed by atoms with Crippen LogP contribution in [0.2, 0.25) is 0 Å². The van der Waals surface area contributed by atoms with Crippen LogP contribution >= 0.6 is 11.8 Å². The first kappa shape index (κ1) is 14.2. The van der Waals surface area contributed by atoms with Gasteiger partial charge in [0.05, 0.1) is 0 Å². The number of benzene rings is 1. The van der Waals surface area contributed by atoms with E-state index in [4.69, 9.17) is 5.11 Å². The van der Waals surface area contributed by atoms with Gasteiger partial charge in [0, 0.05) is 24.2 Å². The van der Waals surface area contributed by atoms with Crippen molar-refractivity contribution in [1.82, 2.24) is 9.97 Å². The zero-order valence-electron chi connectivity index (χ0n) is 10.4. The van der Waals surface area contributed by atoms with Crippen LogP contribution in [0.1, 0.15) is 11.1 Å². The second-order valence-corrected chi connectivity index (χ2v) is 4.78. The highest BCUT2D eigenvalue weighted by molar-refractivity contribution is 7.98. The number of rotatable bonds is 5. The van der Waals surface area contributed by atoms with Crippen molar-refractivity contribution in [3.05, 3.63) is 59.7 Å². The molecule has 6 heteroatoms. The molecule has 0 radical (unpaired) electrons. The summed E-state index contributed by atoms with van der Waals surface area (Å²) < 4.78 is 13.2. The topological polar surface area (TPSA) is 63.1 Å². The lowest BCUT2D eigenvalue weighted by atomic mass is 10.1. The fraction of sp³-hybridized carbons (Fsp3) is 0.0714. The van der Waals surface area contributed by atoms with E-state index >= 15 is 0 Å². The van der Waals surface area contributed by atoms with E-state index in [9.17, 15) is 9.18 Å². The normalized spacial score (nSPS) is 10.8. The average molecular weight is 290 g/mol. The summed E-state index contributed by atoms with van der Waals surface area (Å²) in [4.78, 5) is 18.7. The lowest BCUT2D eigenvalue weighted by Gasteiger charge is -2.05. The first-order valence-corrected chi connectivity index (χ1v) is 6.73. The maximum Gasteiger partial charge on any atom is 0.328 e. The van der Waals surface area contributed by atoms with Gasteiger partial charge in [0.1, 0.15) is 5.82 Å². The van der Waals surface area contributed by atoms with Gasteiger partial charge in [-0.15, -0.1) is 0 Å². The molecule has 0 atom stereocenters. The van der Waals surface area contributed by atoms with Gasteiger partial charge in [-0.05, 0) is 35.4 Å². The van der Waals surface area contributed by atoms with Crippen LogP contribution in [-0.4, -0.2) is 21.0 Å². The van der Waals surface area contributed by atoms with Crippen LogP contribution in [0.4, 0.5) is 4.39 Å². The van der Waals surface area contributed by atoms with Crippen molar-refractivity contribution in [2.75, 3.05) is 0 Å². The summed E-state index contributed by atoms with van der Waals surface area (Å²) in [6.45, 7) is 0. The Morgan fingerprint density at radius 3 is 2.80 bits per heavy atom. The number of aromatic nitrogens is 2. The monoisotopic (exact) mass is 290 g/mol. The summed E-state index contributed by atoms with van der Waals surface area (Å²) in [5.41, 5.74) is 1.36. The molecule has 0 saturated heterocycles. The number of halogens is 1. The predicted molar refractivity (Wildman–Crippen MR) is 74.7 cm³/mol. The molecular weight excluding hydrogens is 279 g/mol. The highest BCUT2D eigenvalue weighted by Gasteiger charge is 2.04. The summed E-state index contributed by atoms with van der Waals surface area (Å²) in [7, 11) is 0. The zero-order valence-corrected chi connectivity index (χ0v) is 11.2. The molecule has 1 N–H and O–H groups in total. The molecule has 20 heavy (non-hydrogen) atoms. The molecule has 0 amide bonds. The van der Waals surface area contributed by atoms with Crippen molar-refractivity contribution < 1.29 is 14.3 Å². The second-order valence-electron chi connectivity index (χ2n) is 3.83. The van der Waals surface area contributed by atoms with Crippen molar-refractivity contribution >= 4 is 23.8 Å². The summed E-state index contributed by atoms with van der Waals surface area (Å²) in [6, 6.07) is 6.01. The summed E-state index contributed by atoms with van der Waals surface area (Å²) in [6.07, 6.45) is 5.66. The molecule has 0 unspecified atom stereocenters. The van der Waals surface area contributed by atoms with Gasteiger partial charge in [0.2, 0.25) is 0 Å². The third-order valence-corrected chi connectivity index (χ3v) is 3.34. The Morgan fingerprint density at radius 2 is 2.10 bits per heavy atom. The van der Waals surface area contributed by atoms with E-state index in [-0.39, 0.29) is 0 Å². The molecular formula is C14H11FN2O2S. The van der Waals surface area contributed by atoms with E-state index in [2.05, 4.69) is 9.97 Å². The van der Waals surface area contributed by atoms with Crippen molar-refractivity contribution in [3.8, 4) is 0 Å². The molecule has 1 heterocycles. The van der Waals surface area contributed by atoms with Gasteiger partial charge in [-0.3, -0.25) is 0 Å². The number of carboxylic acids is 1. The van der Waals surface area contributed by atoms with E-state index in [0.29, 0.717) is 16.5 Å². The van der Waals surface area contributed by atoms with E-state index in [1.54, 1.807) is 24.5 Å². The second kappa shape index (κ2) is 6.81. The van der Waals surface area contributed by atoms with Gasteiger partial charge in [0.15, 0.2) is 5.16 Å². The maximum atomic E-state index is 13.2. The molecule has 0 saturated carbocycles. The minimum atomic E-state index is -1.07. The van der Waals surface area contributed by atoms with Crippen molar-refractivity contribution in [3.63, 3.8) is 0 Å². The molecule has 0 fully saturated rings. The molecule has 0 aliphatic heterocycles. The first-order chi connectivity index (χ1) is 9.65. The lowest BCUT2D eigenvalue weighted by Crippen LogP contribution is -1.92. The minimum absolute atomic E-state index is 0.403. The van der Waals surface area contributed by atoms with Gasteiger partial charge in [-0.25, -0.2) is 19.2 Å². The Hall–Kier alpha value is -2.21. The summed E-state index contributed by atoms with van der Waals surface area (Å²) >= 11 is 1.40. The van der Waals surface area contributed by atoms with Gasteiger partial charge in [-0.2, -0.15) is 0 Å². The molecule has 1 aromatic carbocycles. The molecule has 0 aliphatic carbocycles. The number of carbonyl (C=O) groups is 1. The van der Waals surface area contributed by atoms with Crippen LogP contribution < -0.4 is 0 Å². The zero-order chi connectivity index (χ0) is 14.4. The molecule has 0 bridgehead atoms. The number of hydrogen-bond acceptors (Lipinski definition) is 4. The van der Waals surface area contributed by atoms with Gasteiger partial charge >= 0.3 is 5.97 Å². The number of hydrogen-bond donors (Lipinski definition) is 1. The molecule has 2 aromatic rings. The third kappa shape index (κ3) is 4.17. The van der Waals surface area contributed by atoms with E-state index in [1.807, 2.05) is 0 Å². The highest BCUT2D eigenvalue weighted by Crippen LogP contribution is 2.22. The SMILES string of the molecule is O=C(O)C=Cc1cc(F)ccc1CSc1ncccn1. The number of thioether (sulfide) groups is 1. The Kier molecular flexibility index (Phi) is 4.84. The van der Waals surface area contributed by atoms with E-state index in [0.717, 1.165) is 11.6 Å². The minimum Gasteiger partial charge on any atom is -0.478 e. The summed E-state index contributed by atoms with van der Waals surface area (Å²) in [5.74, 6) is -0.942. The molecule has 0 aliphatic rings. The third-order valence-electron chi connectivity index (χ3n) is 2.41. The number of carboxylic acid groups (broad SMARTS) is 1. The summed E-state index contributed by atoms with van der Waals surface area (Å²) in [5, 5.41) is 9.25. The van der Waals surface area contributed by atoms with Crippen LogP contribution in [0, 0.1) is 5.82 Å². The molecule has 2 rings (SSSR count). The van der Waals surface area contributed by atoms with E-state index < -0.39 is 11.8 Å². The standard InChI is InChI=1S/C14H11FN2O2S/c15-12-4-2-11(10(8-12)3-5-13(18)19)9-20-14-16-6-1-7-17-14/h1-8H,9H2,(H,18,19). The van der Waals surface area contributed by atoms with Gasteiger partial charge < -0.3 is 5.11 Å². The predicted octanol–water partition coefficient (Wildman–Crippen LogP) is 3.01. The van der Waals surface area contributed by atoms with Crippen LogP contribution in [0.5, 0.6) is 0 Å². The Bertz CT molecular complexity index is 632. The van der Waals surface area contributed by atoms with Gasteiger partial charge in [-0.1, -0.05) is 17.8 Å². The smallest absolute Gasteiger partial charge is 0.328 e. The maximum absolute atomic E-state index is 13.2. The van der Waals surface area contributed by atoms with E-state index in [1.165, 1.54) is 30.0 Å². The van der Waals surface area contributed by atoms with Crippen LogP contribution in [0.15, 0.2) is 47.9 Å². The number of nitrogens with zero attached hydrogens (tertiary/aromatic N) is 2. The first-order valence-electron chi connectivity index (χ1n) is 5.74. The quantitative estimate of drug-likeness (QED) is 0.521. The Labute approximate surface area is 119 Å². The molecule has 102 valence electrons. The fourth-order valence-corrected chi connectivity index (χ4v) is 2.33. The fourth-order valence-electron chi connectivity index (χ4n) is 1.52. The molecule has 0 spiro atoms. The Morgan fingerprint density at radius 1 is 1.35 bits per heavy atom. The number of aliphatic carboxylic acids is 1. The van der Waals surface area contributed by atoms with Crippen molar-refractivity contribution in [2.45, 2.75) is 10.9 Å². The Balaban J connectivity index is 2.16. The largest absolute Gasteiger partial charge is 0.478 e. The molecule has 4 nitrogen and oxygen atoms in total. The van der Waals surface area contributed by atoms with Crippen LogP contribution in [0.3, 0.4) is 0 Å². The van der Waals surface area contributed by atoms with Crippen molar-refractivity contribution in [2.24, 2.45) is 0 Å². The van der Waals surface area contributed by atoms with Crippen molar-refractivity contribution in [1.29, 1.82) is 0 Å². The van der Waals surface area contributed by atoms with Gasteiger partial charge in [0.25, 0.3) is 0 Å². The lowest BCUT2D eigenvalue weighted by molar-refractivity contribution is -0.131. The molecule has 1 aromatic heterocycles. The average Bonchev–Trinajstić information content (AvgIpc) is 2.45. The highest BCUT2D eigenvalue weighted by atomic mass is 32.2. The van der Waals surface area contributed by atoms with Crippen LogP contribution in [-0.2, 0) is 10.5 Å².